The minimum Gasteiger partial charge on any atom is -0.478 e. The minimum atomic E-state index is -2.92. The van der Waals surface area contributed by atoms with Gasteiger partial charge in [-0.2, -0.15) is 0 Å². The number of pyridine rings is 1. The van der Waals surface area contributed by atoms with Crippen LogP contribution in [0.25, 0.3) is 0 Å². The van der Waals surface area contributed by atoms with E-state index in [1.54, 1.807) is 0 Å². The molecule has 0 saturated heterocycles. The van der Waals surface area contributed by atoms with E-state index < -0.39 is 23.5 Å². The Labute approximate surface area is 90.8 Å². The van der Waals surface area contributed by atoms with Crippen LogP contribution in [0.3, 0.4) is 0 Å². The van der Waals surface area contributed by atoms with E-state index in [9.17, 15) is 13.6 Å². The van der Waals surface area contributed by atoms with E-state index in [0.29, 0.717) is 0 Å². The number of hydrogen-bond acceptors (Lipinski definition) is 2. The number of carboxylic acids is 1. The lowest BCUT2D eigenvalue weighted by atomic mass is 10.1. The van der Waals surface area contributed by atoms with Crippen molar-refractivity contribution in [3.63, 3.8) is 0 Å². The van der Waals surface area contributed by atoms with Crippen LogP contribution in [0.4, 0.5) is 8.78 Å². The predicted molar refractivity (Wildman–Crippen MR) is 48.9 cm³/mol. The van der Waals surface area contributed by atoms with Gasteiger partial charge in [-0.25, -0.2) is 18.6 Å². The molecule has 0 spiro atoms. The van der Waals surface area contributed by atoms with Gasteiger partial charge in [0.1, 0.15) is 9.76 Å². The number of aromatic carboxylic acids is 1. The number of rotatable bonds is 2. The molecule has 7 heteroatoms. The third-order valence-electron chi connectivity index (χ3n) is 1.43. The van der Waals surface area contributed by atoms with Crippen LogP contribution in [0, 0.1) is 0 Å². The van der Waals surface area contributed by atoms with Crippen LogP contribution in [-0.2, 0) is 0 Å². The molecule has 0 radical (unpaired) electrons. The highest BCUT2D eigenvalue weighted by atomic mass is 79.9. The van der Waals surface area contributed by atoms with Gasteiger partial charge in [0.15, 0.2) is 0 Å². The van der Waals surface area contributed by atoms with Crippen molar-refractivity contribution in [1.82, 2.24) is 4.98 Å². The van der Waals surface area contributed by atoms with Gasteiger partial charge in [-0.3, -0.25) is 0 Å². The first kappa shape index (κ1) is 11.3. The minimum absolute atomic E-state index is 0.154. The van der Waals surface area contributed by atoms with Gasteiger partial charge in [-0.05, 0) is 22.0 Å². The maximum atomic E-state index is 12.4. The normalized spacial score (nSPS) is 10.6. The summed E-state index contributed by atoms with van der Waals surface area (Å²) in [5.41, 5.74) is -1.21. The fraction of sp³-hybridized carbons (Fsp3) is 0.143. The zero-order chi connectivity index (χ0) is 10.9. The van der Waals surface area contributed by atoms with Gasteiger partial charge in [0.25, 0.3) is 6.43 Å². The van der Waals surface area contributed by atoms with Crippen molar-refractivity contribution in [2.45, 2.75) is 6.43 Å². The largest absolute Gasteiger partial charge is 0.478 e. The van der Waals surface area contributed by atoms with Crippen LogP contribution in [0.15, 0.2) is 10.7 Å². The summed E-state index contributed by atoms with van der Waals surface area (Å²) in [7, 11) is 0. The Bertz CT molecular complexity index is 386. The van der Waals surface area contributed by atoms with Crippen molar-refractivity contribution in [1.29, 1.82) is 0 Å². The third-order valence-corrected chi connectivity index (χ3v) is 2.23. The number of hydrogen-bond donors (Lipinski definition) is 1. The van der Waals surface area contributed by atoms with Gasteiger partial charge < -0.3 is 5.11 Å². The van der Waals surface area contributed by atoms with Crippen LogP contribution in [0.2, 0.25) is 5.15 Å². The van der Waals surface area contributed by atoms with Crippen molar-refractivity contribution >= 4 is 33.5 Å². The van der Waals surface area contributed by atoms with Crippen molar-refractivity contribution in [2.24, 2.45) is 0 Å². The second-order valence-corrected chi connectivity index (χ2v) is 3.44. The molecule has 1 aromatic rings. The molecule has 1 rings (SSSR count). The Morgan fingerprint density at radius 1 is 1.64 bits per heavy atom. The number of nitrogens with zero attached hydrogens (tertiary/aromatic N) is 1. The number of aromatic nitrogens is 1. The Morgan fingerprint density at radius 2 is 2.21 bits per heavy atom. The fourth-order valence-electron chi connectivity index (χ4n) is 0.879. The monoisotopic (exact) mass is 285 g/mol. The van der Waals surface area contributed by atoms with Gasteiger partial charge in [0.05, 0.1) is 11.1 Å². The molecular weight excluding hydrogens is 283 g/mol. The van der Waals surface area contributed by atoms with Gasteiger partial charge >= 0.3 is 5.97 Å². The molecule has 0 fully saturated rings. The standard InChI is InChI=1S/C7H3BrClF2NO2/c8-5-4(6(10)11)2(7(13)14)1-3(9)12-5/h1,6H,(H,13,14). The second kappa shape index (κ2) is 4.18. The quantitative estimate of drug-likeness (QED) is 0.850. The molecule has 3 nitrogen and oxygen atoms in total. The topological polar surface area (TPSA) is 50.2 Å². The summed E-state index contributed by atoms with van der Waals surface area (Å²) in [4.78, 5) is 14.1. The molecule has 1 aromatic heterocycles. The highest BCUT2D eigenvalue weighted by Crippen LogP contribution is 2.30. The average Bonchev–Trinajstić information content (AvgIpc) is 2.01. The van der Waals surface area contributed by atoms with Gasteiger partial charge in [-0.1, -0.05) is 11.6 Å². The molecule has 0 unspecified atom stereocenters. The van der Waals surface area contributed by atoms with Crippen molar-refractivity contribution in [2.75, 3.05) is 0 Å². The van der Waals surface area contributed by atoms with Crippen LogP contribution in [-0.4, -0.2) is 16.1 Å². The number of carboxylic acid groups (broad SMARTS) is 1. The van der Waals surface area contributed by atoms with E-state index in [4.69, 9.17) is 16.7 Å². The highest BCUT2D eigenvalue weighted by Gasteiger charge is 2.22. The lowest BCUT2D eigenvalue weighted by Gasteiger charge is -2.06. The van der Waals surface area contributed by atoms with E-state index in [2.05, 4.69) is 20.9 Å². The first-order chi connectivity index (χ1) is 6.43. The molecule has 14 heavy (non-hydrogen) atoms. The molecule has 1 N–H and O–H groups in total. The van der Waals surface area contributed by atoms with Crippen LogP contribution >= 0.6 is 27.5 Å². The molecule has 0 aliphatic rings. The summed E-state index contributed by atoms with van der Waals surface area (Å²) in [6, 6.07) is 0.885. The molecule has 1 heterocycles. The van der Waals surface area contributed by atoms with Crippen LogP contribution in [0.1, 0.15) is 22.3 Å². The van der Waals surface area contributed by atoms with Crippen molar-refractivity contribution < 1.29 is 18.7 Å². The van der Waals surface area contributed by atoms with Gasteiger partial charge in [0.2, 0.25) is 0 Å². The maximum absolute atomic E-state index is 12.4. The van der Waals surface area contributed by atoms with E-state index in [1.807, 2.05) is 0 Å². The van der Waals surface area contributed by atoms with Crippen LogP contribution in [0.5, 0.6) is 0 Å². The van der Waals surface area contributed by atoms with Crippen molar-refractivity contribution in [3.05, 3.63) is 26.9 Å². The Balaban J connectivity index is 3.44. The summed E-state index contributed by atoms with van der Waals surface area (Å²) in [5.74, 6) is -1.47. The predicted octanol–water partition coefficient (Wildman–Crippen LogP) is 3.13. The number of halogens is 4. The molecule has 0 aliphatic heterocycles. The van der Waals surface area contributed by atoms with Crippen LogP contribution < -0.4 is 0 Å². The molecule has 0 atom stereocenters. The van der Waals surface area contributed by atoms with E-state index in [0.717, 1.165) is 6.07 Å². The first-order valence-corrected chi connectivity index (χ1v) is 4.48. The molecule has 0 aliphatic carbocycles. The summed E-state index contributed by atoms with van der Waals surface area (Å²) in [6.45, 7) is 0. The maximum Gasteiger partial charge on any atom is 0.336 e. The van der Waals surface area contributed by atoms with E-state index in [1.165, 1.54) is 0 Å². The molecule has 0 aromatic carbocycles. The molecular formula is C7H3BrClF2NO2. The second-order valence-electron chi connectivity index (χ2n) is 2.30. The smallest absolute Gasteiger partial charge is 0.336 e. The summed E-state index contributed by atoms with van der Waals surface area (Å²) in [5, 5.41) is 8.47. The number of carbonyl (C=O) groups is 1. The van der Waals surface area contributed by atoms with Crippen molar-refractivity contribution in [3.8, 4) is 0 Å². The zero-order valence-electron chi connectivity index (χ0n) is 6.47. The average molecular weight is 286 g/mol. The lowest BCUT2D eigenvalue weighted by molar-refractivity contribution is 0.0684. The molecule has 76 valence electrons. The lowest BCUT2D eigenvalue weighted by Crippen LogP contribution is -2.05. The van der Waals surface area contributed by atoms with E-state index >= 15 is 0 Å². The zero-order valence-corrected chi connectivity index (χ0v) is 8.81. The highest BCUT2D eigenvalue weighted by molar-refractivity contribution is 9.10. The molecule has 0 bridgehead atoms. The Morgan fingerprint density at radius 3 is 2.64 bits per heavy atom. The molecule has 0 amide bonds. The van der Waals surface area contributed by atoms with E-state index in [-0.39, 0.29) is 9.76 Å². The Hall–Kier alpha value is -0.750. The summed E-state index contributed by atoms with van der Waals surface area (Å²) >= 11 is 8.15. The summed E-state index contributed by atoms with van der Waals surface area (Å²) < 4.78 is 24.6. The Kier molecular flexibility index (Phi) is 3.38. The van der Waals surface area contributed by atoms with Gasteiger partial charge in [-0.15, -0.1) is 0 Å². The summed E-state index contributed by atoms with van der Waals surface area (Å²) in [6.07, 6.45) is -2.92. The first-order valence-electron chi connectivity index (χ1n) is 3.31. The SMILES string of the molecule is O=C(O)c1cc(Cl)nc(Br)c1C(F)F. The number of alkyl halides is 2. The third kappa shape index (κ3) is 2.19. The molecule has 0 saturated carbocycles. The van der Waals surface area contributed by atoms with Gasteiger partial charge in [0, 0.05) is 0 Å². The fourth-order valence-corrected chi connectivity index (χ4v) is 1.75.